The molecule has 34 heavy (non-hydrogen) atoms. The van der Waals surface area contributed by atoms with Crippen LogP contribution in [-0.4, -0.2) is 0 Å². The molecule has 0 saturated carbocycles. The Morgan fingerprint density at radius 1 is 0.294 bits per heavy atom. The van der Waals surface area contributed by atoms with Crippen LogP contribution < -0.4 is 0 Å². The normalized spacial score (nSPS) is 10.5. The average molecular weight is 429 g/mol. The lowest BCUT2D eigenvalue weighted by atomic mass is 9.96. The first-order valence-corrected chi connectivity index (χ1v) is 11.4. The highest BCUT2D eigenvalue weighted by Crippen LogP contribution is 2.29. The van der Waals surface area contributed by atoms with Crippen molar-refractivity contribution in [3.8, 4) is 23.7 Å². The SMILES string of the molecule is C(#Cc1cc2cc3cc4ccccc4cc3cc2cc1C#Cc1ccccc1)c1ccccc1. The van der Waals surface area contributed by atoms with Crippen molar-refractivity contribution in [3.05, 3.63) is 144 Å². The maximum absolute atomic E-state index is 3.38. The summed E-state index contributed by atoms with van der Waals surface area (Å²) < 4.78 is 0. The molecule has 6 aromatic carbocycles. The van der Waals surface area contributed by atoms with Gasteiger partial charge in [-0.25, -0.2) is 0 Å². The second kappa shape index (κ2) is 8.63. The van der Waals surface area contributed by atoms with E-state index in [1.54, 1.807) is 0 Å². The highest BCUT2D eigenvalue weighted by Gasteiger charge is 2.06. The summed E-state index contributed by atoms with van der Waals surface area (Å²) in [6.07, 6.45) is 0. The quantitative estimate of drug-likeness (QED) is 0.170. The maximum atomic E-state index is 3.38. The third-order valence-electron chi connectivity index (χ3n) is 6.03. The van der Waals surface area contributed by atoms with Gasteiger partial charge in [-0.3, -0.25) is 0 Å². The van der Waals surface area contributed by atoms with E-state index in [0.29, 0.717) is 0 Å². The van der Waals surface area contributed by atoms with Crippen LogP contribution in [0.1, 0.15) is 22.3 Å². The lowest BCUT2D eigenvalue weighted by Crippen LogP contribution is -1.87. The fourth-order valence-electron chi connectivity index (χ4n) is 4.27. The van der Waals surface area contributed by atoms with Gasteiger partial charge in [0.1, 0.15) is 0 Å². The second-order valence-corrected chi connectivity index (χ2v) is 8.38. The minimum atomic E-state index is 0.944. The molecule has 0 spiro atoms. The van der Waals surface area contributed by atoms with Crippen LogP contribution in [0.2, 0.25) is 0 Å². The number of fused-ring (bicyclic) bond motifs is 3. The zero-order valence-corrected chi connectivity index (χ0v) is 18.5. The van der Waals surface area contributed by atoms with Crippen LogP contribution >= 0.6 is 0 Å². The summed E-state index contributed by atoms with van der Waals surface area (Å²) in [6, 6.07) is 42.1. The van der Waals surface area contributed by atoms with Gasteiger partial charge < -0.3 is 0 Å². The Kier molecular flexibility index (Phi) is 5.04. The summed E-state index contributed by atoms with van der Waals surface area (Å²) in [6.45, 7) is 0. The van der Waals surface area contributed by atoms with Crippen LogP contribution in [0.4, 0.5) is 0 Å². The van der Waals surface area contributed by atoms with Gasteiger partial charge in [0, 0.05) is 22.3 Å². The predicted octanol–water partition coefficient (Wildman–Crippen LogP) is 7.95. The third-order valence-corrected chi connectivity index (χ3v) is 6.03. The largest absolute Gasteiger partial charge is 0.0622 e. The second-order valence-electron chi connectivity index (χ2n) is 8.38. The Bertz CT molecular complexity index is 1650. The van der Waals surface area contributed by atoms with Gasteiger partial charge in [0.25, 0.3) is 0 Å². The molecule has 0 aromatic heterocycles. The number of benzene rings is 6. The third kappa shape index (κ3) is 4.02. The van der Waals surface area contributed by atoms with Gasteiger partial charge in [0.2, 0.25) is 0 Å². The molecule has 0 heteroatoms. The van der Waals surface area contributed by atoms with Gasteiger partial charge >= 0.3 is 0 Å². The molecular weight excluding hydrogens is 408 g/mol. The number of hydrogen-bond donors (Lipinski definition) is 0. The zero-order valence-electron chi connectivity index (χ0n) is 18.5. The first-order valence-electron chi connectivity index (χ1n) is 11.4. The molecular formula is C34H20. The molecule has 0 amide bonds. The molecule has 0 nitrogen and oxygen atoms in total. The summed E-state index contributed by atoms with van der Waals surface area (Å²) in [7, 11) is 0. The van der Waals surface area contributed by atoms with Crippen molar-refractivity contribution in [1.82, 2.24) is 0 Å². The fourth-order valence-corrected chi connectivity index (χ4v) is 4.27. The van der Waals surface area contributed by atoms with E-state index < -0.39 is 0 Å². The van der Waals surface area contributed by atoms with E-state index in [1.165, 1.54) is 32.3 Å². The van der Waals surface area contributed by atoms with Crippen LogP contribution in [0.25, 0.3) is 32.3 Å². The maximum Gasteiger partial charge on any atom is 0.0412 e. The van der Waals surface area contributed by atoms with Crippen LogP contribution in [0, 0.1) is 23.7 Å². The zero-order chi connectivity index (χ0) is 22.7. The Hall–Kier alpha value is -4.78. The fraction of sp³-hybridized carbons (Fsp3) is 0. The molecule has 6 aromatic rings. The lowest BCUT2D eigenvalue weighted by molar-refractivity contribution is 1.61. The Balaban J connectivity index is 1.55. The van der Waals surface area contributed by atoms with Gasteiger partial charge in [-0.1, -0.05) is 84.3 Å². The molecule has 0 aliphatic rings. The predicted molar refractivity (Wildman–Crippen MR) is 144 cm³/mol. The van der Waals surface area contributed by atoms with Crippen molar-refractivity contribution in [2.75, 3.05) is 0 Å². The van der Waals surface area contributed by atoms with Gasteiger partial charge in [0.05, 0.1) is 0 Å². The summed E-state index contributed by atoms with van der Waals surface area (Å²) in [5.74, 6) is 13.4. The first-order chi connectivity index (χ1) is 16.8. The first kappa shape index (κ1) is 19.9. The van der Waals surface area contributed by atoms with Crippen LogP contribution in [0.5, 0.6) is 0 Å². The van der Waals surface area contributed by atoms with E-state index in [-0.39, 0.29) is 0 Å². The minimum absolute atomic E-state index is 0.944. The van der Waals surface area contributed by atoms with Gasteiger partial charge in [-0.2, -0.15) is 0 Å². The summed E-state index contributed by atoms with van der Waals surface area (Å²) in [5.41, 5.74) is 3.88. The summed E-state index contributed by atoms with van der Waals surface area (Å²) >= 11 is 0. The molecule has 156 valence electrons. The molecule has 0 heterocycles. The molecule has 0 fully saturated rings. The Morgan fingerprint density at radius 3 is 1.09 bits per heavy atom. The van der Waals surface area contributed by atoms with Crippen molar-refractivity contribution >= 4 is 32.3 Å². The topological polar surface area (TPSA) is 0 Å². The van der Waals surface area contributed by atoms with Crippen molar-refractivity contribution in [2.45, 2.75) is 0 Å². The van der Waals surface area contributed by atoms with Crippen molar-refractivity contribution in [3.63, 3.8) is 0 Å². The Labute approximate surface area is 199 Å². The van der Waals surface area contributed by atoms with Crippen molar-refractivity contribution in [2.24, 2.45) is 0 Å². The smallest absolute Gasteiger partial charge is 0.0412 e. The molecule has 0 aliphatic heterocycles. The van der Waals surface area contributed by atoms with E-state index in [4.69, 9.17) is 0 Å². The van der Waals surface area contributed by atoms with E-state index in [9.17, 15) is 0 Å². The molecule has 0 N–H and O–H groups in total. The summed E-state index contributed by atoms with van der Waals surface area (Å²) in [4.78, 5) is 0. The monoisotopic (exact) mass is 428 g/mol. The van der Waals surface area contributed by atoms with Gasteiger partial charge in [0.15, 0.2) is 0 Å². The minimum Gasteiger partial charge on any atom is -0.0622 e. The molecule has 0 bridgehead atoms. The highest BCUT2D eigenvalue weighted by molar-refractivity contribution is 6.05. The molecule has 0 aliphatic carbocycles. The van der Waals surface area contributed by atoms with E-state index >= 15 is 0 Å². The molecule has 0 radical (unpaired) electrons. The van der Waals surface area contributed by atoms with Gasteiger partial charge in [-0.05, 0) is 93.0 Å². The van der Waals surface area contributed by atoms with Crippen molar-refractivity contribution in [1.29, 1.82) is 0 Å². The Morgan fingerprint density at radius 2 is 0.647 bits per heavy atom. The molecule has 0 saturated heterocycles. The standard InChI is InChI=1S/C34H20/c1-3-9-25(10-4-1)15-17-29-21-33-23-31-19-27-13-7-8-14-28(27)20-32(31)24-34(33)22-30(29)18-16-26-11-5-2-6-12-26/h1-14,19-24H. The van der Waals surface area contributed by atoms with Crippen LogP contribution in [0.15, 0.2) is 121 Å². The average Bonchev–Trinajstić information content (AvgIpc) is 2.89. The number of rotatable bonds is 0. The molecule has 0 unspecified atom stereocenters. The van der Waals surface area contributed by atoms with Crippen LogP contribution in [0.3, 0.4) is 0 Å². The van der Waals surface area contributed by atoms with E-state index in [0.717, 1.165) is 22.3 Å². The lowest BCUT2D eigenvalue weighted by Gasteiger charge is -2.07. The van der Waals surface area contributed by atoms with Crippen molar-refractivity contribution < 1.29 is 0 Å². The highest BCUT2D eigenvalue weighted by atomic mass is 14.1. The van der Waals surface area contributed by atoms with E-state index in [1.807, 2.05) is 60.7 Å². The van der Waals surface area contributed by atoms with E-state index in [2.05, 4.69) is 84.3 Å². The number of hydrogen-bond acceptors (Lipinski definition) is 0. The molecule has 0 atom stereocenters. The van der Waals surface area contributed by atoms with Crippen LogP contribution in [-0.2, 0) is 0 Å². The molecule has 6 rings (SSSR count). The van der Waals surface area contributed by atoms with Gasteiger partial charge in [-0.15, -0.1) is 0 Å². The summed E-state index contributed by atoms with van der Waals surface area (Å²) in [5, 5.41) is 7.32.